The molecule has 1 nitrogen and oxygen atoms in total. The predicted octanol–water partition coefficient (Wildman–Crippen LogP) is 4.02. The average Bonchev–Trinajstić information content (AvgIpc) is 2.51. The molecule has 0 N–H and O–H groups in total. The molecule has 2 aromatic rings. The molecule has 0 spiro atoms. The summed E-state index contributed by atoms with van der Waals surface area (Å²) in [6.07, 6.45) is 0. The Labute approximate surface area is 93.7 Å². The van der Waals surface area contributed by atoms with Crippen LogP contribution >= 0.6 is 27.3 Å². The highest BCUT2D eigenvalue weighted by Gasteiger charge is 2.07. The number of nitrogens with zero attached hydrogens (tertiary/aromatic N) is 1. The van der Waals surface area contributed by atoms with E-state index < -0.39 is 0 Å². The summed E-state index contributed by atoms with van der Waals surface area (Å²) in [7, 11) is 0. The first-order valence-electron chi connectivity index (χ1n) is 4.04. The van der Waals surface area contributed by atoms with Gasteiger partial charge in [0.25, 0.3) is 0 Å². The third kappa shape index (κ3) is 1.86. The van der Waals surface area contributed by atoms with E-state index in [-0.39, 0.29) is 5.82 Å². The maximum absolute atomic E-state index is 13.5. The monoisotopic (exact) mass is 271 g/mol. The van der Waals surface area contributed by atoms with Crippen LogP contribution in [0.3, 0.4) is 0 Å². The molecule has 0 fully saturated rings. The standard InChI is InChI=1S/C10H7BrFNS/c1-6-2-3-7(8(12)4-6)9-5-14-10(11)13-9/h2-5H,1H3. The Kier molecular flexibility index (Phi) is 2.65. The fraction of sp³-hybridized carbons (Fsp3) is 0.100. The Balaban J connectivity index is 2.52. The fourth-order valence-electron chi connectivity index (χ4n) is 1.20. The number of benzene rings is 1. The van der Waals surface area contributed by atoms with Crippen LogP contribution in [-0.4, -0.2) is 4.98 Å². The molecule has 1 heterocycles. The second-order valence-electron chi connectivity index (χ2n) is 2.97. The zero-order valence-corrected chi connectivity index (χ0v) is 9.82. The Morgan fingerprint density at radius 2 is 2.21 bits per heavy atom. The number of aromatic nitrogens is 1. The second kappa shape index (κ2) is 3.79. The van der Waals surface area contributed by atoms with Crippen molar-refractivity contribution in [1.82, 2.24) is 4.98 Å². The van der Waals surface area contributed by atoms with Crippen LogP contribution in [0.5, 0.6) is 0 Å². The van der Waals surface area contributed by atoms with Gasteiger partial charge in [0.05, 0.1) is 5.69 Å². The van der Waals surface area contributed by atoms with E-state index in [0.29, 0.717) is 11.3 Å². The minimum Gasteiger partial charge on any atom is -0.229 e. The number of rotatable bonds is 1. The summed E-state index contributed by atoms with van der Waals surface area (Å²) >= 11 is 4.70. The van der Waals surface area contributed by atoms with Crippen LogP contribution in [0.15, 0.2) is 27.5 Å². The van der Waals surface area contributed by atoms with E-state index in [1.165, 1.54) is 17.4 Å². The zero-order valence-electron chi connectivity index (χ0n) is 7.42. The highest BCUT2D eigenvalue weighted by Crippen LogP contribution is 2.27. The van der Waals surface area contributed by atoms with Crippen molar-refractivity contribution in [2.75, 3.05) is 0 Å². The molecule has 0 aliphatic heterocycles. The molecule has 14 heavy (non-hydrogen) atoms. The maximum atomic E-state index is 13.5. The van der Waals surface area contributed by atoms with Crippen molar-refractivity contribution in [2.45, 2.75) is 6.92 Å². The van der Waals surface area contributed by atoms with Crippen LogP contribution in [0.2, 0.25) is 0 Å². The van der Waals surface area contributed by atoms with Gasteiger partial charge in [0.15, 0.2) is 3.92 Å². The van der Waals surface area contributed by atoms with Gasteiger partial charge in [-0.3, -0.25) is 0 Å². The van der Waals surface area contributed by atoms with E-state index in [4.69, 9.17) is 0 Å². The molecule has 0 unspecified atom stereocenters. The van der Waals surface area contributed by atoms with Gasteiger partial charge >= 0.3 is 0 Å². The first-order chi connectivity index (χ1) is 6.66. The van der Waals surface area contributed by atoms with Gasteiger partial charge in [0, 0.05) is 10.9 Å². The van der Waals surface area contributed by atoms with Crippen molar-refractivity contribution in [3.8, 4) is 11.3 Å². The Morgan fingerprint density at radius 3 is 2.79 bits per heavy atom. The van der Waals surface area contributed by atoms with Crippen LogP contribution in [0, 0.1) is 12.7 Å². The number of hydrogen-bond acceptors (Lipinski definition) is 2. The van der Waals surface area contributed by atoms with E-state index in [2.05, 4.69) is 20.9 Å². The number of hydrogen-bond donors (Lipinski definition) is 0. The van der Waals surface area contributed by atoms with Gasteiger partial charge in [0.2, 0.25) is 0 Å². The molecule has 0 amide bonds. The van der Waals surface area contributed by atoms with Crippen molar-refractivity contribution in [3.05, 3.63) is 38.9 Å². The lowest BCUT2D eigenvalue weighted by atomic mass is 10.1. The molecule has 1 aromatic heterocycles. The molecule has 0 saturated heterocycles. The predicted molar refractivity (Wildman–Crippen MR) is 59.9 cm³/mol. The third-order valence-electron chi connectivity index (χ3n) is 1.88. The quantitative estimate of drug-likeness (QED) is 0.764. The number of thiazole rings is 1. The first-order valence-corrected chi connectivity index (χ1v) is 5.71. The van der Waals surface area contributed by atoms with Gasteiger partial charge in [-0.25, -0.2) is 9.37 Å². The summed E-state index contributed by atoms with van der Waals surface area (Å²) in [4.78, 5) is 4.17. The second-order valence-corrected chi connectivity index (χ2v) is 5.10. The molecule has 0 atom stereocenters. The normalized spacial score (nSPS) is 10.5. The van der Waals surface area contributed by atoms with Gasteiger partial charge in [-0.1, -0.05) is 6.07 Å². The molecule has 0 radical (unpaired) electrons. The molecule has 0 bridgehead atoms. The topological polar surface area (TPSA) is 12.9 Å². The largest absolute Gasteiger partial charge is 0.229 e. The SMILES string of the molecule is Cc1ccc(-c2csc(Br)n2)c(F)c1. The van der Waals surface area contributed by atoms with Gasteiger partial charge in [-0.2, -0.15) is 0 Å². The number of aryl methyl sites for hydroxylation is 1. The average molecular weight is 272 g/mol. The highest BCUT2D eigenvalue weighted by molar-refractivity contribution is 9.11. The first kappa shape index (κ1) is 9.80. The maximum Gasteiger partial charge on any atom is 0.159 e. The van der Waals surface area contributed by atoms with E-state index in [1.54, 1.807) is 6.07 Å². The lowest BCUT2D eigenvalue weighted by Gasteiger charge is -1.99. The van der Waals surface area contributed by atoms with Crippen molar-refractivity contribution in [2.24, 2.45) is 0 Å². The summed E-state index contributed by atoms with van der Waals surface area (Å²) in [6, 6.07) is 5.15. The lowest BCUT2D eigenvalue weighted by Crippen LogP contribution is -1.85. The smallest absolute Gasteiger partial charge is 0.159 e. The van der Waals surface area contributed by atoms with Crippen LogP contribution < -0.4 is 0 Å². The molecule has 72 valence electrons. The van der Waals surface area contributed by atoms with Crippen molar-refractivity contribution < 1.29 is 4.39 Å². The third-order valence-corrected chi connectivity index (χ3v) is 3.24. The van der Waals surface area contributed by atoms with Gasteiger partial charge < -0.3 is 0 Å². The van der Waals surface area contributed by atoms with Gasteiger partial charge in [0.1, 0.15) is 5.82 Å². The molecular formula is C10H7BrFNS. The van der Waals surface area contributed by atoms with Gasteiger partial charge in [-0.15, -0.1) is 11.3 Å². The van der Waals surface area contributed by atoms with Crippen molar-refractivity contribution >= 4 is 27.3 Å². The summed E-state index contributed by atoms with van der Waals surface area (Å²) in [5.41, 5.74) is 2.15. The summed E-state index contributed by atoms with van der Waals surface area (Å²) < 4.78 is 14.3. The van der Waals surface area contributed by atoms with Crippen LogP contribution in [0.25, 0.3) is 11.3 Å². The van der Waals surface area contributed by atoms with Crippen LogP contribution in [-0.2, 0) is 0 Å². The number of halogens is 2. The Morgan fingerprint density at radius 1 is 1.43 bits per heavy atom. The lowest BCUT2D eigenvalue weighted by molar-refractivity contribution is 0.629. The molecule has 0 saturated carbocycles. The molecular weight excluding hydrogens is 265 g/mol. The van der Waals surface area contributed by atoms with Crippen LogP contribution in [0.4, 0.5) is 4.39 Å². The minimum atomic E-state index is -0.220. The summed E-state index contributed by atoms with van der Waals surface area (Å²) in [6.45, 7) is 1.86. The molecule has 1 aromatic carbocycles. The molecule has 0 aliphatic rings. The minimum absolute atomic E-state index is 0.220. The molecule has 4 heteroatoms. The van der Waals surface area contributed by atoms with Crippen molar-refractivity contribution in [3.63, 3.8) is 0 Å². The summed E-state index contributed by atoms with van der Waals surface area (Å²) in [5, 5.41) is 1.83. The Hall–Kier alpha value is -0.740. The highest BCUT2D eigenvalue weighted by atomic mass is 79.9. The van der Waals surface area contributed by atoms with E-state index in [9.17, 15) is 4.39 Å². The van der Waals surface area contributed by atoms with Crippen LogP contribution in [0.1, 0.15) is 5.56 Å². The zero-order chi connectivity index (χ0) is 10.1. The summed E-state index contributed by atoms with van der Waals surface area (Å²) in [5.74, 6) is -0.220. The molecule has 0 aliphatic carbocycles. The van der Waals surface area contributed by atoms with Gasteiger partial charge in [-0.05, 0) is 40.5 Å². The molecule has 2 rings (SSSR count). The van der Waals surface area contributed by atoms with E-state index >= 15 is 0 Å². The van der Waals surface area contributed by atoms with Crippen molar-refractivity contribution in [1.29, 1.82) is 0 Å². The van der Waals surface area contributed by atoms with E-state index in [1.807, 2.05) is 18.4 Å². The fourth-order valence-corrected chi connectivity index (χ4v) is 2.21. The van der Waals surface area contributed by atoms with E-state index in [0.717, 1.165) is 9.48 Å². The Bertz CT molecular complexity index is 467.